The molecule has 0 bridgehead atoms. The molecule has 0 saturated carbocycles. The number of benzene rings is 2. The number of amides is 1. The van der Waals surface area contributed by atoms with Crippen molar-refractivity contribution < 1.29 is 9.53 Å². The smallest absolute Gasteiger partial charge is 0.228 e. The molecule has 1 N–H and O–H groups in total. The van der Waals surface area contributed by atoms with Crippen molar-refractivity contribution in [3.63, 3.8) is 0 Å². The second-order valence-electron chi connectivity index (χ2n) is 4.23. The van der Waals surface area contributed by atoms with Crippen molar-refractivity contribution in [2.24, 2.45) is 0 Å². The van der Waals surface area contributed by atoms with Gasteiger partial charge in [0.25, 0.3) is 0 Å². The molecule has 0 aliphatic rings. The van der Waals surface area contributed by atoms with Crippen LogP contribution in [0.1, 0.15) is 5.56 Å². The van der Waals surface area contributed by atoms with Gasteiger partial charge in [0, 0.05) is 15.7 Å². The molecule has 2 rings (SSSR count). The largest absolute Gasteiger partial charge is 0.497 e. The number of hydrogen-bond donors (Lipinski definition) is 1. The summed E-state index contributed by atoms with van der Waals surface area (Å²) in [4.78, 5) is 12.0. The summed E-state index contributed by atoms with van der Waals surface area (Å²) in [6.07, 6.45) is 0.251. The van der Waals surface area contributed by atoms with Gasteiger partial charge in [-0.3, -0.25) is 4.79 Å². The monoisotopic (exact) mass is 309 g/mol. The van der Waals surface area contributed by atoms with Crippen LogP contribution >= 0.6 is 23.2 Å². The van der Waals surface area contributed by atoms with Crippen molar-refractivity contribution in [3.05, 3.63) is 58.1 Å². The zero-order chi connectivity index (χ0) is 14.5. The van der Waals surface area contributed by atoms with E-state index in [2.05, 4.69) is 5.32 Å². The summed E-state index contributed by atoms with van der Waals surface area (Å²) in [6.45, 7) is 0. The van der Waals surface area contributed by atoms with Gasteiger partial charge in [0.15, 0.2) is 0 Å². The molecule has 0 radical (unpaired) electrons. The van der Waals surface area contributed by atoms with Gasteiger partial charge in [0.05, 0.1) is 13.5 Å². The predicted octanol–water partition coefficient (Wildman–Crippen LogP) is 4.18. The minimum Gasteiger partial charge on any atom is -0.497 e. The Morgan fingerprint density at radius 2 is 1.85 bits per heavy atom. The molecule has 0 fully saturated rings. The fraction of sp³-hybridized carbons (Fsp3) is 0.133. The van der Waals surface area contributed by atoms with Crippen molar-refractivity contribution in [1.82, 2.24) is 0 Å². The van der Waals surface area contributed by atoms with Crippen LogP contribution in [0.3, 0.4) is 0 Å². The molecule has 0 aliphatic heterocycles. The van der Waals surface area contributed by atoms with Gasteiger partial charge in [-0.1, -0.05) is 35.3 Å². The Morgan fingerprint density at radius 3 is 2.50 bits per heavy atom. The Morgan fingerprint density at radius 1 is 1.15 bits per heavy atom. The lowest BCUT2D eigenvalue weighted by molar-refractivity contribution is -0.115. The minimum absolute atomic E-state index is 0.142. The Bertz CT molecular complexity index is 609. The Kier molecular flexibility index (Phi) is 4.88. The lowest BCUT2D eigenvalue weighted by Gasteiger charge is -2.07. The number of halogens is 2. The van der Waals surface area contributed by atoms with Crippen LogP contribution in [0.4, 0.5) is 5.69 Å². The minimum atomic E-state index is -0.142. The number of ether oxygens (including phenoxy) is 1. The van der Waals surface area contributed by atoms with E-state index in [4.69, 9.17) is 27.9 Å². The van der Waals surface area contributed by atoms with Crippen molar-refractivity contribution in [3.8, 4) is 5.75 Å². The molecule has 1 amide bonds. The third-order valence-electron chi connectivity index (χ3n) is 2.65. The van der Waals surface area contributed by atoms with E-state index in [-0.39, 0.29) is 12.3 Å². The van der Waals surface area contributed by atoms with Crippen LogP contribution in [-0.2, 0) is 11.2 Å². The van der Waals surface area contributed by atoms with E-state index in [0.29, 0.717) is 15.7 Å². The lowest BCUT2D eigenvalue weighted by Crippen LogP contribution is -2.14. The number of carbonyl (C=O) groups excluding carboxylic acids is 1. The lowest BCUT2D eigenvalue weighted by atomic mass is 10.1. The van der Waals surface area contributed by atoms with Crippen molar-refractivity contribution in [2.75, 3.05) is 12.4 Å². The quantitative estimate of drug-likeness (QED) is 0.920. The highest BCUT2D eigenvalue weighted by atomic mass is 35.5. The molecule has 2 aromatic carbocycles. The van der Waals surface area contributed by atoms with Gasteiger partial charge in [-0.15, -0.1) is 0 Å². The summed E-state index contributed by atoms with van der Waals surface area (Å²) in [5.74, 6) is 0.581. The molecule has 0 aliphatic carbocycles. The summed E-state index contributed by atoms with van der Waals surface area (Å²) in [6, 6.07) is 12.3. The molecule has 3 nitrogen and oxygen atoms in total. The van der Waals surface area contributed by atoms with Crippen LogP contribution in [0.15, 0.2) is 42.5 Å². The maximum absolute atomic E-state index is 12.0. The molecule has 2 aromatic rings. The summed E-state index contributed by atoms with van der Waals surface area (Å²) < 4.78 is 5.12. The van der Waals surface area contributed by atoms with E-state index in [1.54, 1.807) is 25.3 Å². The summed E-state index contributed by atoms with van der Waals surface area (Å²) in [7, 11) is 1.59. The van der Waals surface area contributed by atoms with Crippen LogP contribution in [0.25, 0.3) is 0 Å². The molecule has 5 heteroatoms. The van der Waals surface area contributed by atoms with E-state index in [1.807, 2.05) is 24.3 Å². The topological polar surface area (TPSA) is 38.3 Å². The highest BCUT2D eigenvalue weighted by Gasteiger charge is 2.06. The zero-order valence-electron chi connectivity index (χ0n) is 10.8. The molecule has 0 atom stereocenters. The van der Waals surface area contributed by atoms with Crippen LogP contribution in [0.2, 0.25) is 10.0 Å². The predicted molar refractivity (Wildman–Crippen MR) is 81.8 cm³/mol. The average molecular weight is 310 g/mol. The first-order valence-corrected chi connectivity index (χ1v) is 6.71. The fourth-order valence-corrected chi connectivity index (χ4v) is 2.33. The molecule has 0 spiro atoms. The summed E-state index contributed by atoms with van der Waals surface area (Å²) in [5, 5.41) is 3.72. The number of hydrogen-bond acceptors (Lipinski definition) is 2. The maximum Gasteiger partial charge on any atom is 0.228 e. The highest BCUT2D eigenvalue weighted by molar-refractivity contribution is 6.35. The van der Waals surface area contributed by atoms with Gasteiger partial charge >= 0.3 is 0 Å². The van der Waals surface area contributed by atoms with E-state index >= 15 is 0 Å². The molecular weight excluding hydrogens is 297 g/mol. The van der Waals surface area contributed by atoms with Gasteiger partial charge < -0.3 is 10.1 Å². The van der Waals surface area contributed by atoms with Crippen molar-refractivity contribution >= 4 is 34.8 Å². The highest BCUT2D eigenvalue weighted by Crippen LogP contribution is 2.22. The van der Waals surface area contributed by atoms with E-state index in [0.717, 1.165) is 11.3 Å². The van der Waals surface area contributed by atoms with Gasteiger partial charge in [-0.2, -0.15) is 0 Å². The summed E-state index contributed by atoms with van der Waals surface area (Å²) in [5.41, 5.74) is 1.45. The first-order valence-electron chi connectivity index (χ1n) is 5.95. The van der Waals surface area contributed by atoms with E-state index in [1.165, 1.54) is 0 Å². The first-order chi connectivity index (χ1) is 9.56. The van der Waals surface area contributed by atoms with Crippen molar-refractivity contribution in [1.29, 1.82) is 0 Å². The van der Waals surface area contributed by atoms with Gasteiger partial charge in [0.1, 0.15) is 5.75 Å². The first kappa shape index (κ1) is 14.7. The number of anilines is 1. The van der Waals surface area contributed by atoms with Crippen molar-refractivity contribution in [2.45, 2.75) is 6.42 Å². The second kappa shape index (κ2) is 6.64. The fourth-order valence-electron chi connectivity index (χ4n) is 1.80. The molecule has 20 heavy (non-hydrogen) atoms. The standard InChI is InChI=1S/C15H13Cl2NO2/c1-20-14-4-2-3-10(5-14)6-15(19)18-13-8-11(16)7-12(17)9-13/h2-5,7-9H,6H2,1H3,(H,18,19). The molecular formula is C15H13Cl2NO2. The molecule has 0 heterocycles. The average Bonchev–Trinajstić information content (AvgIpc) is 2.37. The van der Waals surface area contributed by atoms with Gasteiger partial charge in [-0.05, 0) is 35.9 Å². The van der Waals surface area contributed by atoms with Crippen LogP contribution in [-0.4, -0.2) is 13.0 Å². The van der Waals surface area contributed by atoms with E-state index < -0.39 is 0 Å². The Hall–Kier alpha value is -1.71. The normalized spacial score (nSPS) is 10.2. The van der Waals surface area contributed by atoms with Gasteiger partial charge in [-0.25, -0.2) is 0 Å². The maximum atomic E-state index is 12.0. The number of methoxy groups -OCH3 is 1. The third kappa shape index (κ3) is 4.15. The number of carbonyl (C=O) groups is 1. The second-order valence-corrected chi connectivity index (χ2v) is 5.11. The Labute approximate surface area is 127 Å². The zero-order valence-corrected chi connectivity index (χ0v) is 12.3. The summed E-state index contributed by atoms with van der Waals surface area (Å²) >= 11 is 11.8. The Balaban J connectivity index is 2.04. The van der Waals surface area contributed by atoms with Crippen LogP contribution in [0.5, 0.6) is 5.75 Å². The third-order valence-corrected chi connectivity index (χ3v) is 3.08. The molecule has 0 unspecified atom stereocenters. The molecule has 0 aromatic heterocycles. The van der Waals surface area contributed by atoms with Crippen LogP contribution in [0, 0.1) is 0 Å². The van der Waals surface area contributed by atoms with E-state index in [9.17, 15) is 4.79 Å². The number of rotatable bonds is 4. The number of nitrogens with one attached hydrogen (secondary N) is 1. The SMILES string of the molecule is COc1cccc(CC(=O)Nc2cc(Cl)cc(Cl)c2)c1. The van der Waals surface area contributed by atoms with Crippen LogP contribution < -0.4 is 10.1 Å². The molecule has 104 valence electrons. The van der Waals surface area contributed by atoms with Gasteiger partial charge in [0.2, 0.25) is 5.91 Å². The molecule has 0 saturated heterocycles.